The van der Waals surface area contributed by atoms with Gasteiger partial charge in [-0.15, -0.1) is 0 Å². The van der Waals surface area contributed by atoms with E-state index in [1.54, 1.807) is 18.3 Å². The Kier molecular flexibility index (Phi) is 3.64. The second-order valence-electron chi connectivity index (χ2n) is 2.70. The number of hydrogen-bond donors (Lipinski definition) is 1. The van der Waals surface area contributed by atoms with Gasteiger partial charge in [0.2, 0.25) is 0 Å². The van der Waals surface area contributed by atoms with Crippen molar-refractivity contribution >= 4 is 17.2 Å². The summed E-state index contributed by atoms with van der Waals surface area (Å²) in [6.45, 7) is 2.53. The van der Waals surface area contributed by atoms with Gasteiger partial charge in [0.1, 0.15) is 0 Å². The molecule has 0 amide bonds. The molecule has 14 heavy (non-hydrogen) atoms. The minimum absolute atomic E-state index is 0.206. The number of rotatable bonds is 4. The third-order valence-corrected chi connectivity index (χ3v) is 1.74. The molecule has 0 saturated carbocycles. The van der Waals surface area contributed by atoms with E-state index in [0.29, 0.717) is 12.4 Å². The largest absolute Gasteiger partial charge is 0.488 e. The van der Waals surface area contributed by atoms with Crippen molar-refractivity contribution in [3.8, 4) is 5.75 Å². The van der Waals surface area contributed by atoms with E-state index in [1.165, 1.54) is 4.57 Å². The maximum atomic E-state index is 11.6. The summed E-state index contributed by atoms with van der Waals surface area (Å²) in [5.41, 5.74) is 5.14. The zero-order chi connectivity index (χ0) is 10.6. The third kappa shape index (κ3) is 2.56. The van der Waals surface area contributed by atoms with Crippen molar-refractivity contribution in [2.75, 3.05) is 6.61 Å². The maximum absolute atomic E-state index is 11.6. The van der Waals surface area contributed by atoms with Crippen molar-refractivity contribution < 1.29 is 4.74 Å². The van der Waals surface area contributed by atoms with Crippen LogP contribution in [0.1, 0.15) is 6.92 Å². The highest BCUT2D eigenvalue weighted by Crippen LogP contribution is 2.01. The van der Waals surface area contributed by atoms with E-state index in [9.17, 15) is 4.79 Å². The number of nitrogens with zero attached hydrogens (tertiary/aromatic N) is 1. The van der Waals surface area contributed by atoms with E-state index in [1.807, 2.05) is 6.92 Å². The molecule has 5 heteroatoms. The summed E-state index contributed by atoms with van der Waals surface area (Å²) >= 11 is 4.72. The fourth-order valence-electron chi connectivity index (χ4n) is 1.07. The van der Waals surface area contributed by atoms with E-state index in [0.717, 1.165) is 0 Å². The van der Waals surface area contributed by atoms with Crippen LogP contribution < -0.4 is 16.0 Å². The summed E-state index contributed by atoms with van der Waals surface area (Å²) in [7, 11) is 0. The van der Waals surface area contributed by atoms with Crippen LogP contribution >= 0.6 is 12.2 Å². The maximum Gasteiger partial charge on any atom is 0.293 e. The predicted octanol–water partition coefficient (Wildman–Crippen LogP) is 0.533. The Morgan fingerprint density at radius 3 is 3.00 bits per heavy atom. The van der Waals surface area contributed by atoms with E-state index in [4.69, 9.17) is 22.7 Å². The molecular formula is C9H12N2O2S. The number of aromatic nitrogens is 1. The summed E-state index contributed by atoms with van der Waals surface area (Å²) in [5, 5.41) is 0. The first-order valence-electron chi connectivity index (χ1n) is 4.25. The SMILES string of the molecule is CCOc1cccn(CC(N)=S)c1=O. The molecule has 0 bridgehead atoms. The molecule has 0 spiro atoms. The Balaban J connectivity index is 3.01. The highest BCUT2D eigenvalue weighted by atomic mass is 32.1. The average Bonchev–Trinajstić information content (AvgIpc) is 2.11. The van der Waals surface area contributed by atoms with E-state index in [-0.39, 0.29) is 17.1 Å². The lowest BCUT2D eigenvalue weighted by molar-refractivity contribution is 0.332. The topological polar surface area (TPSA) is 57.2 Å². The van der Waals surface area contributed by atoms with Crippen LogP contribution in [0.4, 0.5) is 0 Å². The van der Waals surface area contributed by atoms with Crippen LogP contribution in [0.25, 0.3) is 0 Å². The fourth-order valence-corrected chi connectivity index (χ4v) is 1.21. The van der Waals surface area contributed by atoms with Crippen molar-refractivity contribution in [3.05, 3.63) is 28.7 Å². The quantitative estimate of drug-likeness (QED) is 0.740. The first-order chi connectivity index (χ1) is 6.65. The number of pyridine rings is 1. The smallest absolute Gasteiger partial charge is 0.293 e. The molecule has 0 unspecified atom stereocenters. The number of ether oxygens (including phenoxy) is 1. The van der Waals surface area contributed by atoms with Crippen molar-refractivity contribution in [1.29, 1.82) is 0 Å². The summed E-state index contributed by atoms with van der Waals surface area (Å²) in [6, 6.07) is 3.35. The van der Waals surface area contributed by atoms with Gasteiger partial charge in [-0.25, -0.2) is 0 Å². The van der Waals surface area contributed by atoms with Crippen LogP contribution in [0, 0.1) is 0 Å². The molecule has 0 aromatic carbocycles. The lowest BCUT2D eigenvalue weighted by Gasteiger charge is -2.06. The predicted molar refractivity (Wildman–Crippen MR) is 58.7 cm³/mol. The van der Waals surface area contributed by atoms with Gasteiger partial charge in [-0.1, -0.05) is 12.2 Å². The molecule has 0 aliphatic carbocycles. The Morgan fingerprint density at radius 2 is 2.43 bits per heavy atom. The van der Waals surface area contributed by atoms with Crippen LogP contribution in [-0.2, 0) is 6.54 Å². The molecular weight excluding hydrogens is 200 g/mol. The lowest BCUT2D eigenvalue weighted by atomic mass is 10.4. The minimum Gasteiger partial charge on any atom is -0.488 e. The molecule has 0 atom stereocenters. The van der Waals surface area contributed by atoms with Gasteiger partial charge in [0.05, 0.1) is 18.1 Å². The molecule has 2 N–H and O–H groups in total. The summed E-state index contributed by atoms with van der Waals surface area (Å²) in [6.07, 6.45) is 1.63. The van der Waals surface area contributed by atoms with Crippen molar-refractivity contribution in [3.63, 3.8) is 0 Å². The summed E-state index contributed by atoms with van der Waals surface area (Å²) in [4.78, 5) is 11.9. The minimum atomic E-state index is -0.206. The second-order valence-corrected chi connectivity index (χ2v) is 3.23. The highest BCUT2D eigenvalue weighted by Gasteiger charge is 2.03. The number of hydrogen-bond acceptors (Lipinski definition) is 3. The molecule has 4 nitrogen and oxygen atoms in total. The van der Waals surface area contributed by atoms with Crippen LogP contribution in [0.15, 0.2) is 23.1 Å². The summed E-state index contributed by atoms with van der Waals surface area (Å²) in [5.74, 6) is 0.325. The normalized spacial score (nSPS) is 9.79. The summed E-state index contributed by atoms with van der Waals surface area (Å²) < 4.78 is 6.57. The Bertz CT molecular complexity index is 387. The van der Waals surface area contributed by atoms with Gasteiger partial charge in [-0.3, -0.25) is 4.79 Å². The van der Waals surface area contributed by atoms with Gasteiger partial charge in [-0.05, 0) is 19.1 Å². The van der Waals surface area contributed by atoms with Gasteiger partial charge >= 0.3 is 0 Å². The average molecular weight is 212 g/mol. The number of thiocarbonyl (C=S) groups is 1. The van der Waals surface area contributed by atoms with Gasteiger partial charge in [0.15, 0.2) is 5.75 Å². The van der Waals surface area contributed by atoms with Crippen molar-refractivity contribution in [2.24, 2.45) is 5.73 Å². The first-order valence-corrected chi connectivity index (χ1v) is 4.66. The Hall–Kier alpha value is -1.36. The van der Waals surface area contributed by atoms with Gasteiger partial charge in [0.25, 0.3) is 5.56 Å². The standard InChI is InChI=1S/C9H12N2O2S/c1-2-13-7-4-3-5-11(9(7)12)6-8(10)14/h3-5H,2,6H2,1H3,(H2,10,14). The molecule has 0 aliphatic heterocycles. The number of nitrogens with two attached hydrogens (primary N) is 1. The van der Waals surface area contributed by atoms with Crippen LogP contribution in [0.5, 0.6) is 5.75 Å². The zero-order valence-corrected chi connectivity index (χ0v) is 8.71. The fraction of sp³-hybridized carbons (Fsp3) is 0.333. The van der Waals surface area contributed by atoms with Gasteiger partial charge < -0.3 is 15.0 Å². The van der Waals surface area contributed by atoms with Gasteiger partial charge in [0, 0.05) is 6.20 Å². The van der Waals surface area contributed by atoms with Crippen LogP contribution in [-0.4, -0.2) is 16.2 Å². The molecule has 0 radical (unpaired) electrons. The Labute approximate surface area is 87.3 Å². The first kappa shape index (κ1) is 10.7. The van der Waals surface area contributed by atoms with E-state index < -0.39 is 0 Å². The van der Waals surface area contributed by atoms with Crippen LogP contribution in [0.2, 0.25) is 0 Å². The lowest BCUT2D eigenvalue weighted by Crippen LogP contribution is -2.27. The zero-order valence-electron chi connectivity index (χ0n) is 7.90. The third-order valence-electron chi connectivity index (χ3n) is 1.61. The van der Waals surface area contributed by atoms with E-state index >= 15 is 0 Å². The molecule has 1 heterocycles. The Morgan fingerprint density at radius 1 is 1.71 bits per heavy atom. The van der Waals surface area contributed by atoms with Gasteiger partial charge in [-0.2, -0.15) is 0 Å². The highest BCUT2D eigenvalue weighted by molar-refractivity contribution is 7.80. The van der Waals surface area contributed by atoms with Crippen molar-refractivity contribution in [2.45, 2.75) is 13.5 Å². The monoisotopic (exact) mass is 212 g/mol. The van der Waals surface area contributed by atoms with Crippen LogP contribution in [0.3, 0.4) is 0 Å². The molecule has 0 fully saturated rings. The molecule has 0 aliphatic rings. The molecule has 1 aromatic rings. The molecule has 1 rings (SSSR count). The molecule has 0 saturated heterocycles. The van der Waals surface area contributed by atoms with E-state index in [2.05, 4.69) is 0 Å². The van der Waals surface area contributed by atoms with Crippen molar-refractivity contribution in [1.82, 2.24) is 4.57 Å². The molecule has 1 aromatic heterocycles. The molecule has 76 valence electrons. The second kappa shape index (κ2) is 4.76.